The molecule has 0 fully saturated rings. The molecule has 0 aliphatic carbocycles. The summed E-state index contributed by atoms with van der Waals surface area (Å²) in [4.78, 5) is 21.7. The van der Waals surface area contributed by atoms with Crippen molar-refractivity contribution in [2.24, 2.45) is 0 Å². The number of carbonyl (C=O) groups is 1. The number of anilines is 1. The number of imidazole rings is 1. The number of nitrogens with one attached hydrogen (secondary N) is 1. The van der Waals surface area contributed by atoms with Crippen LogP contribution < -0.4 is 10.1 Å². The third-order valence-electron chi connectivity index (χ3n) is 3.20. The Morgan fingerprint density at radius 3 is 2.91 bits per heavy atom. The first-order valence-corrected chi connectivity index (χ1v) is 7.65. The van der Waals surface area contributed by atoms with Crippen LogP contribution >= 0.6 is 11.3 Å². The number of fused-ring (bicyclic) bond motifs is 1. The highest BCUT2D eigenvalue weighted by molar-refractivity contribution is 7.15. The van der Waals surface area contributed by atoms with Gasteiger partial charge in [-0.25, -0.2) is 9.97 Å². The van der Waals surface area contributed by atoms with E-state index in [2.05, 4.69) is 15.3 Å². The standard InChI is InChI=1S/C15H16N4O2S/c1-9-7-19-6-4-5-12(14(19)16-9)21-8-13(20)18-15-17-10(2)11(3)22-15/h4-7H,8H2,1-3H3,(H,17,18,20). The Kier molecular flexibility index (Phi) is 3.81. The van der Waals surface area contributed by atoms with E-state index in [9.17, 15) is 4.79 Å². The molecule has 1 N–H and O–H groups in total. The van der Waals surface area contributed by atoms with Gasteiger partial charge in [-0.05, 0) is 32.9 Å². The Morgan fingerprint density at radius 2 is 2.18 bits per heavy atom. The maximum Gasteiger partial charge on any atom is 0.264 e. The third kappa shape index (κ3) is 2.94. The van der Waals surface area contributed by atoms with Gasteiger partial charge in [0.25, 0.3) is 5.91 Å². The predicted octanol–water partition coefficient (Wildman–Crippen LogP) is 2.73. The molecule has 0 bridgehead atoms. The number of rotatable bonds is 4. The van der Waals surface area contributed by atoms with E-state index in [0.29, 0.717) is 16.5 Å². The highest BCUT2D eigenvalue weighted by Gasteiger charge is 2.10. The molecular formula is C15H16N4O2S. The van der Waals surface area contributed by atoms with Crippen LogP contribution in [0.3, 0.4) is 0 Å². The van der Waals surface area contributed by atoms with E-state index < -0.39 is 0 Å². The maximum atomic E-state index is 12.0. The zero-order valence-electron chi connectivity index (χ0n) is 12.6. The summed E-state index contributed by atoms with van der Waals surface area (Å²) in [6.45, 7) is 5.72. The molecule has 3 aromatic rings. The lowest BCUT2D eigenvalue weighted by atomic mass is 10.4. The molecule has 0 radical (unpaired) electrons. The summed E-state index contributed by atoms with van der Waals surface area (Å²) in [5.74, 6) is 0.344. The summed E-state index contributed by atoms with van der Waals surface area (Å²) in [5, 5.41) is 3.34. The molecule has 0 spiro atoms. The molecule has 0 aromatic carbocycles. The predicted molar refractivity (Wildman–Crippen MR) is 85.6 cm³/mol. The lowest BCUT2D eigenvalue weighted by Crippen LogP contribution is -2.20. The summed E-state index contributed by atoms with van der Waals surface area (Å²) in [7, 11) is 0. The van der Waals surface area contributed by atoms with Crippen LogP contribution in [0.4, 0.5) is 5.13 Å². The van der Waals surface area contributed by atoms with Crippen LogP contribution in [0.5, 0.6) is 5.75 Å². The minimum atomic E-state index is -0.237. The number of hydrogen-bond donors (Lipinski definition) is 1. The molecule has 3 rings (SSSR count). The second-order valence-corrected chi connectivity index (χ2v) is 6.19. The molecule has 0 saturated carbocycles. The van der Waals surface area contributed by atoms with E-state index in [4.69, 9.17) is 4.74 Å². The average Bonchev–Trinajstić information content (AvgIpc) is 2.98. The fourth-order valence-corrected chi connectivity index (χ4v) is 2.88. The van der Waals surface area contributed by atoms with Gasteiger partial charge in [0.2, 0.25) is 0 Å². The molecular weight excluding hydrogens is 300 g/mol. The monoisotopic (exact) mass is 316 g/mol. The minimum Gasteiger partial charge on any atom is -0.480 e. The number of hydrogen-bond acceptors (Lipinski definition) is 5. The van der Waals surface area contributed by atoms with Crippen LogP contribution in [-0.2, 0) is 4.79 Å². The van der Waals surface area contributed by atoms with Crippen molar-refractivity contribution in [2.75, 3.05) is 11.9 Å². The fourth-order valence-electron chi connectivity index (χ4n) is 2.05. The first-order valence-electron chi connectivity index (χ1n) is 6.84. The Morgan fingerprint density at radius 1 is 1.36 bits per heavy atom. The van der Waals surface area contributed by atoms with Crippen LogP contribution in [0.25, 0.3) is 5.65 Å². The molecule has 0 aliphatic heterocycles. The number of nitrogens with zero attached hydrogens (tertiary/aromatic N) is 3. The summed E-state index contributed by atoms with van der Waals surface area (Å²) in [6.07, 6.45) is 3.80. The van der Waals surface area contributed by atoms with Crippen molar-refractivity contribution in [3.63, 3.8) is 0 Å². The topological polar surface area (TPSA) is 68.5 Å². The zero-order chi connectivity index (χ0) is 15.7. The largest absolute Gasteiger partial charge is 0.480 e. The summed E-state index contributed by atoms with van der Waals surface area (Å²) < 4.78 is 7.46. The van der Waals surface area contributed by atoms with Crippen molar-refractivity contribution in [2.45, 2.75) is 20.8 Å². The summed E-state index contributed by atoms with van der Waals surface area (Å²) in [5.41, 5.74) is 2.53. The van der Waals surface area contributed by atoms with Crippen LogP contribution in [0.1, 0.15) is 16.3 Å². The molecule has 114 valence electrons. The van der Waals surface area contributed by atoms with Crippen molar-refractivity contribution in [3.05, 3.63) is 40.8 Å². The highest BCUT2D eigenvalue weighted by Crippen LogP contribution is 2.21. The Labute approximate surface area is 131 Å². The van der Waals surface area contributed by atoms with E-state index in [1.807, 2.05) is 43.6 Å². The number of pyridine rings is 1. The highest BCUT2D eigenvalue weighted by atomic mass is 32.1. The summed E-state index contributed by atoms with van der Waals surface area (Å²) in [6, 6.07) is 3.65. The van der Waals surface area contributed by atoms with Gasteiger partial charge in [0.05, 0.1) is 11.4 Å². The Balaban J connectivity index is 1.67. The molecule has 3 heterocycles. The van der Waals surface area contributed by atoms with Gasteiger partial charge in [-0.3, -0.25) is 10.1 Å². The quantitative estimate of drug-likeness (QED) is 0.803. The maximum absolute atomic E-state index is 12.0. The van der Waals surface area contributed by atoms with Gasteiger partial charge in [-0.2, -0.15) is 0 Å². The number of aryl methyl sites for hydroxylation is 3. The van der Waals surface area contributed by atoms with E-state index in [0.717, 1.165) is 16.3 Å². The van der Waals surface area contributed by atoms with Crippen LogP contribution in [0.15, 0.2) is 24.5 Å². The van der Waals surface area contributed by atoms with E-state index in [1.54, 1.807) is 6.07 Å². The molecule has 22 heavy (non-hydrogen) atoms. The van der Waals surface area contributed by atoms with Gasteiger partial charge in [0.1, 0.15) is 0 Å². The van der Waals surface area contributed by atoms with Crippen LogP contribution in [0, 0.1) is 20.8 Å². The number of amides is 1. The number of thiazole rings is 1. The lowest BCUT2D eigenvalue weighted by Gasteiger charge is -2.06. The van der Waals surface area contributed by atoms with E-state index >= 15 is 0 Å². The first kappa shape index (κ1) is 14.5. The molecule has 1 amide bonds. The average molecular weight is 316 g/mol. The van der Waals surface area contributed by atoms with Crippen molar-refractivity contribution >= 4 is 28.0 Å². The third-order valence-corrected chi connectivity index (χ3v) is 4.19. The first-order chi connectivity index (χ1) is 10.5. The number of carbonyl (C=O) groups excluding carboxylic acids is 1. The van der Waals surface area contributed by atoms with Crippen molar-refractivity contribution < 1.29 is 9.53 Å². The smallest absolute Gasteiger partial charge is 0.264 e. The molecule has 0 saturated heterocycles. The Bertz CT molecular complexity index is 818. The molecule has 3 aromatic heterocycles. The van der Waals surface area contributed by atoms with Gasteiger partial charge in [0.15, 0.2) is 23.1 Å². The van der Waals surface area contributed by atoms with Crippen molar-refractivity contribution in [1.82, 2.24) is 14.4 Å². The van der Waals surface area contributed by atoms with Crippen molar-refractivity contribution in [1.29, 1.82) is 0 Å². The minimum absolute atomic E-state index is 0.0801. The molecule has 0 unspecified atom stereocenters. The van der Waals surface area contributed by atoms with Crippen LogP contribution in [0.2, 0.25) is 0 Å². The molecule has 0 atom stereocenters. The van der Waals surface area contributed by atoms with Gasteiger partial charge in [-0.1, -0.05) is 0 Å². The zero-order valence-corrected chi connectivity index (χ0v) is 13.4. The van der Waals surface area contributed by atoms with Crippen molar-refractivity contribution in [3.8, 4) is 5.75 Å². The van der Waals surface area contributed by atoms with E-state index in [-0.39, 0.29) is 12.5 Å². The number of ether oxygens (including phenoxy) is 1. The fraction of sp³-hybridized carbons (Fsp3) is 0.267. The normalized spacial score (nSPS) is 10.9. The van der Waals surface area contributed by atoms with Gasteiger partial charge in [0, 0.05) is 17.3 Å². The summed E-state index contributed by atoms with van der Waals surface area (Å²) >= 11 is 1.46. The van der Waals surface area contributed by atoms with E-state index in [1.165, 1.54) is 11.3 Å². The lowest BCUT2D eigenvalue weighted by molar-refractivity contribution is -0.118. The van der Waals surface area contributed by atoms with Gasteiger partial charge in [-0.15, -0.1) is 11.3 Å². The van der Waals surface area contributed by atoms with Gasteiger partial charge < -0.3 is 9.14 Å². The SMILES string of the molecule is Cc1cn2cccc(OCC(=O)Nc3nc(C)c(C)s3)c2n1. The molecule has 0 aliphatic rings. The molecule has 7 heteroatoms. The number of aromatic nitrogens is 3. The second kappa shape index (κ2) is 5.76. The molecule has 6 nitrogen and oxygen atoms in total. The Hall–Kier alpha value is -2.41. The second-order valence-electron chi connectivity index (χ2n) is 4.98. The van der Waals surface area contributed by atoms with Gasteiger partial charge >= 0.3 is 0 Å². The van der Waals surface area contributed by atoms with Crippen LogP contribution in [-0.4, -0.2) is 26.9 Å².